The quantitative estimate of drug-likeness (QED) is 0.377. The molecule has 0 saturated heterocycles. The Kier molecular flexibility index (Phi) is 3.98. The molecule has 0 bridgehead atoms. The van der Waals surface area contributed by atoms with Gasteiger partial charge in [0.05, 0.1) is 25.4 Å². The molecule has 0 saturated carbocycles. The second-order valence-corrected chi connectivity index (χ2v) is 6.81. The van der Waals surface area contributed by atoms with Gasteiger partial charge in [0.15, 0.2) is 5.76 Å². The number of furan rings is 1. The Morgan fingerprint density at radius 1 is 1.03 bits per heavy atom. The van der Waals surface area contributed by atoms with Gasteiger partial charge in [-0.05, 0) is 42.0 Å². The molecule has 2 aromatic carbocycles. The first kappa shape index (κ1) is 17.3. The van der Waals surface area contributed by atoms with E-state index in [1.165, 1.54) is 6.26 Å². The van der Waals surface area contributed by atoms with E-state index < -0.39 is 0 Å². The Bertz CT molecular complexity index is 1140. The average molecular weight is 388 g/mol. The maximum atomic E-state index is 12.8. The van der Waals surface area contributed by atoms with Crippen LogP contribution in [0.4, 0.5) is 0 Å². The van der Waals surface area contributed by atoms with Crippen molar-refractivity contribution < 1.29 is 28.2 Å². The summed E-state index contributed by atoms with van der Waals surface area (Å²) in [4.78, 5) is 25.0. The molecule has 0 N–H and O–H groups in total. The van der Waals surface area contributed by atoms with E-state index >= 15 is 0 Å². The van der Waals surface area contributed by atoms with Crippen molar-refractivity contribution in [3.63, 3.8) is 0 Å². The summed E-state index contributed by atoms with van der Waals surface area (Å²) in [5, 5.41) is 0. The molecular formula is C23H16O6. The van der Waals surface area contributed by atoms with Crippen LogP contribution in [0.3, 0.4) is 0 Å². The van der Waals surface area contributed by atoms with Crippen molar-refractivity contribution in [2.45, 2.75) is 12.3 Å². The highest BCUT2D eigenvalue weighted by atomic mass is 16.5. The molecule has 0 unspecified atom stereocenters. The highest BCUT2D eigenvalue weighted by Crippen LogP contribution is 2.49. The number of methoxy groups -OCH3 is 1. The van der Waals surface area contributed by atoms with Gasteiger partial charge in [-0.1, -0.05) is 12.1 Å². The fourth-order valence-electron chi connectivity index (χ4n) is 3.73. The van der Waals surface area contributed by atoms with Crippen molar-refractivity contribution in [3.8, 4) is 17.2 Å². The van der Waals surface area contributed by atoms with Crippen molar-refractivity contribution in [1.29, 1.82) is 0 Å². The zero-order valence-corrected chi connectivity index (χ0v) is 15.5. The van der Waals surface area contributed by atoms with E-state index in [4.69, 9.17) is 18.6 Å². The number of Topliss-reactive ketones (excluding diaryl/α,β-unsaturated/α-hetero) is 1. The van der Waals surface area contributed by atoms with Crippen LogP contribution in [0, 0.1) is 0 Å². The van der Waals surface area contributed by atoms with Crippen LogP contribution in [0.1, 0.15) is 39.6 Å². The predicted molar refractivity (Wildman–Crippen MR) is 103 cm³/mol. The van der Waals surface area contributed by atoms with Crippen LogP contribution in [0.15, 0.2) is 65.0 Å². The lowest BCUT2D eigenvalue weighted by atomic mass is 9.84. The summed E-state index contributed by atoms with van der Waals surface area (Å²) in [6.45, 7) is 0. The van der Waals surface area contributed by atoms with Gasteiger partial charge in [0, 0.05) is 17.6 Å². The number of hydrogen-bond donors (Lipinski definition) is 0. The Morgan fingerprint density at radius 2 is 1.86 bits per heavy atom. The fraction of sp³-hybridized carbons (Fsp3) is 0.130. The molecule has 0 amide bonds. The number of rotatable bonds is 3. The van der Waals surface area contributed by atoms with Gasteiger partial charge < -0.3 is 18.6 Å². The van der Waals surface area contributed by atoms with E-state index in [1.807, 2.05) is 24.3 Å². The zero-order chi connectivity index (χ0) is 20.0. The topological polar surface area (TPSA) is 75.0 Å². The molecule has 0 fully saturated rings. The summed E-state index contributed by atoms with van der Waals surface area (Å²) in [7, 11) is 1.60. The summed E-state index contributed by atoms with van der Waals surface area (Å²) in [5.74, 6) is 1.41. The number of ether oxygens (including phenoxy) is 3. The molecule has 3 heterocycles. The van der Waals surface area contributed by atoms with Gasteiger partial charge in [0.1, 0.15) is 23.0 Å². The Morgan fingerprint density at radius 3 is 2.59 bits per heavy atom. The molecule has 1 aromatic heterocycles. The normalized spacial score (nSPS) is 18.8. The predicted octanol–water partition coefficient (Wildman–Crippen LogP) is 4.35. The van der Waals surface area contributed by atoms with Crippen LogP contribution in [0.25, 0.3) is 6.08 Å². The fourth-order valence-corrected chi connectivity index (χ4v) is 3.73. The first-order valence-electron chi connectivity index (χ1n) is 9.13. The molecule has 29 heavy (non-hydrogen) atoms. The third-order valence-electron chi connectivity index (χ3n) is 5.11. The van der Waals surface area contributed by atoms with Crippen LogP contribution in [0.2, 0.25) is 0 Å². The summed E-state index contributed by atoms with van der Waals surface area (Å²) in [5.41, 5.74) is 2.05. The second kappa shape index (κ2) is 6.67. The van der Waals surface area contributed by atoms with Gasteiger partial charge in [-0.15, -0.1) is 0 Å². The highest BCUT2D eigenvalue weighted by molar-refractivity contribution is 6.15. The lowest BCUT2D eigenvalue weighted by Crippen LogP contribution is -2.21. The van der Waals surface area contributed by atoms with Gasteiger partial charge in [-0.2, -0.15) is 0 Å². The monoisotopic (exact) mass is 388 g/mol. The molecule has 2 aliphatic heterocycles. The van der Waals surface area contributed by atoms with Crippen LogP contribution >= 0.6 is 0 Å². The molecule has 0 aliphatic carbocycles. The molecule has 2 aliphatic rings. The Balaban J connectivity index is 1.61. The molecule has 0 radical (unpaired) electrons. The number of benzene rings is 2. The van der Waals surface area contributed by atoms with Crippen LogP contribution in [0.5, 0.6) is 17.2 Å². The molecular weight excluding hydrogens is 372 g/mol. The number of allylic oxidation sites excluding steroid dienone is 1. The first-order valence-corrected chi connectivity index (χ1v) is 9.13. The van der Waals surface area contributed by atoms with Gasteiger partial charge in [-0.3, -0.25) is 9.59 Å². The minimum Gasteiger partial charge on any atom is -0.497 e. The van der Waals surface area contributed by atoms with Crippen LogP contribution in [-0.4, -0.2) is 18.9 Å². The number of hydrogen-bond acceptors (Lipinski definition) is 6. The SMILES string of the molecule is COc1ccc([C@H]2CC(=O)Oc3ccc4c(c32)O/C(=C\c2ccco2)C4=O)cc1. The number of esters is 1. The first-order chi connectivity index (χ1) is 14.1. The largest absolute Gasteiger partial charge is 0.497 e. The number of ketones is 1. The molecule has 1 atom stereocenters. The Hall–Kier alpha value is -3.80. The third-order valence-corrected chi connectivity index (χ3v) is 5.11. The van der Waals surface area contributed by atoms with E-state index in [9.17, 15) is 9.59 Å². The van der Waals surface area contributed by atoms with Crippen molar-refractivity contribution >= 4 is 17.8 Å². The number of carbonyl (C=O) groups excluding carboxylic acids is 2. The van der Waals surface area contributed by atoms with Gasteiger partial charge in [0.25, 0.3) is 0 Å². The van der Waals surface area contributed by atoms with Crippen molar-refractivity contribution in [1.82, 2.24) is 0 Å². The maximum Gasteiger partial charge on any atom is 0.312 e. The van der Waals surface area contributed by atoms with E-state index in [1.54, 1.807) is 37.5 Å². The van der Waals surface area contributed by atoms with Crippen LogP contribution in [-0.2, 0) is 4.79 Å². The van der Waals surface area contributed by atoms with Gasteiger partial charge in [0.2, 0.25) is 5.78 Å². The van der Waals surface area contributed by atoms with Gasteiger partial charge in [-0.25, -0.2) is 0 Å². The van der Waals surface area contributed by atoms with Crippen molar-refractivity contribution in [2.24, 2.45) is 0 Å². The van der Waals surface area contributed by atoms with E-state index in [0.717, 1.165) is 11.3 Å². The van der Waals surface area contributed by atoms with Crippen molar-refractivity contribution in [3.05, 3.63) is 83.0 Å². The molecule has 6 nitrogen and oxygen atoms in total. The molecule has 144 valence electrons. The van der Waals surface area contributed by atoms with E-state index in [-0.39, 0.29) is 29.9 Å². The van der Waals surface area contributed by atoms with E-state index in [0.29, 0.717) is 28.4 Å². The van der Waals surface area contributed by atoms with Crippen LogP contribution < -0.4 is 14.2 Å². The number of carbonyl (C=O) groups is 2. The molecule has 6 heteroatoms. The Labute approximate surface area is 166 Å². The number of fused-ring (bicyclic) bond motifs is 3. The molecule has 0 spiro atoms. The summed E-state index contributed by atoms with van der Waals surface area (Å²) in [6.07, 6.45) is 3.25. The minimum absolute atomic E-state index is 0.157. The smallest absolute Gasteiger partial charge is 0.312 e. The average Bonchev–Trinajstić information content (AvgIpc) is 3.36. The standard InChI is InChI=1S/C23H16O6/c1-26-14-6-4-13(5-7-14)17-12-20(24)28-18-9-8-16-22(25)19(29-23(16)21(17)18)11-15-3-2-10-27-15/h2-11,17H,12H2,1H3/b19-11-/t17-/m1/s1. The second-order valence-electron chi connectivity index (χ2n) is 6.81. The molecule has 5 rings (SSSR count). The summed E-state index contributed by atoms with van der Waals surface area (Å²) in [6, 6.07) is 14.2. The van der Waals surface area contributed by atoms with Crippen molar-refractivity contribution in [2.75, 3.05) is 7.11 Å². The highest BCUT2D eigenvalue weighted by Gasteiger charge is 2.38. The zero-order valence-electron chi connectivity index (χ0n) is 15.5. The molecule has 3 aromatic rings. The van der Waals surface area contributed by atoms with E-state index in [2.05, 4.69) is 0 Å². The maximum absolute atomic E-state index is 12.8. The summed E-state index contributed by atoms with van der Waals surface area (Å²) < 4.78 is 21.9. The minimum atomic E-state index is -0.325. The lowest BCUT2D eigenvalue weighted by molar-refractivity contribution is -0.135. The lowest BCUT2D eigenvalue weighted by Gasteiger charge is -2.26. The summed E-state index contributed by atoms with van der Waals surface area (Å²) >= 11 is 0. The van der Waals surface area contributed by atoms with Gasteiger partial charge >= 0.3 is 5.97 Å². The third kappa shape index (κ3) is 2.89.